The summed E-state index contributed by atoms with van der Waals surface area (Å²) in [5.74, 6) is 0.657. The molecule has 90 valence electrons. The largest absolute Gasteiger partial charge is 0.310 e. The van der Waals surface area contributed by atoms with Gasteiger partial charge >= 0.3 is 0 Å². The van der Waals surface area contributed by atoms with Gasteiger partial charge in [-0.25, -0.2) is 0 Å². The van der Waals surface area contributed by atoms with Gasteiger partial charge in [0.1, 0.15) is 0 Å². The van der Waals surface area contributed by atoms with Crippen LogP contribution in [-0.4, -0.2) is 17.0 Å². The Hall–Kier alpha value is -0.670. The number of hydrogen-bond donors (Lipinski definition) is 1. The maximum atomic E-state index is 11.2. The maximum Gasteiger partial charge on any atom is 0.0498 e. The second-order valence-electron chi connectivity index (χ2n) is 4.55. The highest BCUT2D eigenvalue weighted by Crippen LogP contribution is 2.15. The molecule has 2 nitrogen and oxygen atoms in total. The summed E-state index contributed by atoms with van der Waals surface area (Å²) in [5, 5.41) is 3.47. The van der Waals surface area contributed by atoms with E-state index < -0.39 is 10.8 Å². The molecular formula is C13H21NOS. The molecule has 0 radical (unpaired) electrons. The van der Waals surface area contributed by atoms with Crippen molar-refractivity contribution >= 4 is 10.8 Å². The van der Waals surface area contributed by atoms with Crippen LogP contribution in [0.2, 0.25) is 0 Å². The Bertz CT molecular complexity index is 345. The fourth-order valence-corrected chi connectivity index (χ4v) is 2.00. The third-order valence-electron chi connectivity index (χ3n) is 2.54. The summed E-state index contributed by atoms with van der Waals surface area (Å²) in [6.45, 7) is 7.56. The summed E-state index contributed by atoms with van der Waals surface area (Å²) in [6.07, 6.45) is 1.70. The van der Waals surface area contributed by atoms with Gasteiger partial charge in [0.25, 0.3) is 0 Å². The molecule has 0 heterocycles. The van der Waals surface area contributed by atoms with Crippen LogP contribution in [0.25, 0.3) is 0 Å². The lowest BCUT2D eigenvalue weighted by Crippen LogP contribution is -2.23. The molecular weight excluding hydrogens is 218 g/mol. The van der Waals surface area contributed by atoms with Crippen molar-refractivity contribution in [1.29, 1.82) is 0 Å². The molecule has 3 heteroatoms. The molecule has 0 aliphatic rings. The lowest BCUT2D eigenvalue weighted by molar-refractivity contribution is 0.496. The Labute approximate surface area is 101 Å². The Morgan fingerprint density at radius 2 is 1.75 bits per heavy atom. The van der Waals surface area contributed by atoms with Crippen LogP contribution in [0.3, 0.4) is 0 Å². The smallest absolute Gasteiger partial charge is 0.0498 e. The number of nitrogens with one attached hydrogen (secondary N) is 1. The Morgan fingerprint density at radius 1 is 1.19 bits per heavy atom. The van der Waals surface area contributed by atoms with Crippen LogP contribution < -0.4 is 5.32 Å². The first-order valence-electron chi connectivity index (χ1n) is 5.67. The second kappa shape index (κ2) is 6.16. The molecule has 0 saturated heterocycles. The standard InChI is InChI=1S/C13H21NOS/c1-10(2)9-14-11(3)12-5-7-13(8-6-12)16(4)15/h5-8,10-11,14H,9H2,1-4H3. The van der Waals surface area contributed by atoms with E-state index in [1.54, 1.807) is 6.26 Å². The van der Waals surface area contributed by atoms with Gasteiger partial charge in [0.2, 0.25) is 0 Å². The third-order valence-corrected chi connectivity index (χ3v) is 3.48. The van der Waals surface area contributed by atoms with Crippen LogP contribution >= 0.6 is 0 Å². The number of benzene rings is 1. The summed E-state index contributed by atoms with van der Waals surface area (Å²) >= 11 is 0. The van der Waals surface area contributed by atoms with Crippen molar-refractivity contribution in [2.24, 2.45) is 5.92 Å². The highest BCUT2D eigenvalue weighted by molar-refractivity contribution is 7.84. The molecule has 0 saturated carbocycles. The lowest BCUT2D eigenvalue weighted by Gasteiger charge is -2.16. The molecule has 1 aromatic carbocycles. The van der Waals surface area contributed by atoms with E-state index in [9.17, 15) is 4.21 Å². The van der Waals surface area contributed by atoms with Crippen molar-refractivity contribution in [1.82, 2.24) is 5.32 Å². The van der Waals surface area contributed by atoms with E-state index in [-0.39, 0.29) is 0 Å². The van der Waals surface area contributed by atoms with Crippen molar-refractivity contribution in [3.8, 4) is 0 Å². The summed E-state index contributed by atoms with van der Waals surface area (Å²) < 4.78 is 11.2. The van der Waals surface area contributed by atoms with E-state index in [1.807, 2.05) is 12.1 Å². The Kier molecular flexibility index (Phi) is 5.16. The van der Waals surface area contributed by atoms with Crippen LogP contribution in [-0.2, 0) is 10.8 Å². The van der Waals surface area contributed by atoms with Gasteiger partial charge < -0.3 is 5.32 Å². The second-order valence-corrected chi connectivity index (χ2v) is 5.93. The minimum absolute atomic E-state index is 0.349. The van der Waals surface area contributed by atoms with Gasteiger partial charge in [-0.1, -0.05) is 26.0 Å². The average Bonchev–Trinajstić information content (AvgIpc) is 2.26. The number of rotatable bonds is 5. The summed E-state index contributed by atoms with van der Waals surface area (Å²) in [5.41, 5.74) is 1.25. The molecule has 1 rings (SSSR count). The van der Waals surface area contributed by atoms with E-state index >= 15 is 0 Å². The molecule has 0 spiro atoms. The predicted octanol–water partition coefficient (Wildman–Crippen LogP) is 2.73. The van der Waals surface area contributed by atoms with Crippen molar-refractivity contribution in [3.63, 3.8) is 0 Å². The SMILES string of the molecule is CC(C)CNC(C)c1ccc(S(C)=O)cc1. The first-order chi connectivity index (χ1) is 7.50. The quantitative estimate of drug-likeness (QED) is 0.856. The van der Waals surface area contributed by atoms with E-state index in [0.29, 0.717) is 12.0 Å². The van der Waals surface area contributed by atoms with Crippen LogP contribution in [0.15, 0.2) is 29.2 Å². The Balaban J connectivity index is 2.63. The van der Waals surface area contributed by atoms with Gasteiger partial charge in [-0.15, -0.1) is 0 Å². The van der Waals surface area contributed by atoms with Crippen LogP contribution in [0, 0.1) is 5.92 Å². The van der Waals surface area contributed by atoms with Gasteiger partial charge in [0.15, 0.2) is 0 Å². The molecule has 16 heavy (non-hydrogen) atoms. The first kappa shape index (κ1) is 13.4. The van der Waals surface area contributed by atoms with Crippen molar-refractivity contribution in [3.05, 3.63) is 29.8 Å². The van der Waals surface area contributed by atoms with Crippen molar-refractivity contribution < 1.29 is 4.21 Å². The van der Waals surface area contributed by atoms with Gasteiger partial charge in [-0.05, 0) is 37.1 Å². The molecule has 0 aliphatic carbocycles. The zero-order valence-electron chi connectivity index (χ0n) is 10.5. The minimum Gasteiger partial charge on any atom is -0.310 e. The summed E-state index contributed by atoms with van der Waals surface area (Å²) in [7, 11) is -0.882. The maximum absolute atomic E-state index is 11.2. The molecule has 2 atom stereocenters. The van der Waals surface area contributed by atoms with Gasteiger partial charge in [-0.2, -0.15) is 0 Å². The monoisotopic (exact) mass is 239 g/mol. The summed E-state index contributed by atoms with van der Waals surface area (Å²) in [4.78, 5) is 0.889. The molecule has 0 aliphatic heterocycles. The normalized spacial score (nSPS) is 15.1. The molecule has 0 fully saturated rings. The van der Waals surface area contributed by atoms with E-state index in [4.69, 9.17) is 0 Å². The summed E-state index contributed by atoms with van der Waals surface area (Å²) in [6, 6.07) is 8.34. The predicted molar refractivity (Wildman–Crippen MR) is 70.0 cm³/mol. The highest BCUT2D eigenvalue weighted by atomic mass is 32.2. The third kappa shape index (κ3) is 4.06. The zero-order valence-corrected chi connectivity index (χ0v) is 11.3. The topological polar surface area (TPSA) is 29.1 Å². The molecule has 0 bridgehead atoms. The minimum atomic E-state index is -0.882. The fourth-order valence-electron chi connectivity index (χ4n) is 1.48. The van der Waals surface area contributed by atoms with Crippen LogP contribution in [0.1, 0.15) is 32.4 Å². The van der Waals surface area contributed by atoms with Gasteiger partial charge in [0.05, 0.1) is 0 Å². The molecule has 0 aromatic heterocycles. The van der Waals surface area contributed by atoms with Gasteiger partial charge in [-0.3, -0.25) is 4.21 Å². The van der Waals surface area contributed by atoms with Gasteiger partial charge in [0, 0.05) is 28.0 Å². The fraction of sp³-hybridized carbons (Fsp3) is 0.538. The van der Waals surface area contributed by atoms with Crippen molar-refractivity contribution in [2.45, 2.75) is 31.7 Å². The number of hydrogen-bond acceptors (Lipinski definition) is 2. The van der Waals surface area contributed by atoms with Crippen LogP contribution in [0.5, 0.6) is 0 Å². The highest BCUT2D eigenvalue weighted by Gasteiger charge is 2.06. The molecule has 2 unspecified atom stereocenters. The Morgan fingerprint density at radius 3 is 2.19 bits per heavy atom. The van der Waals surface area contributed by atoms with E-state index in [0.717, 1.165) is 11.4 Å². The molecule has 1 N–H and O–H groups in total. The molecule has 1 aromatic rings. The first-order valence-corrected chi connectivity index (χ1v) is 7.23. The van der Waals surface area contributed by atoms with Crippen molar-refractivity contribution in [2.75, 3.05) is 12.8 Å². The van der Waals surface area contributed by atoms with E-state index in [1.165, 1.54) is 5.56 Å². The van der Waals surface area contributed by atoms with E-state index in [2.05, 4.69) is 38.2 Å². The van der Waals surface area contributed by atoms with Crippen LogP contribution in [0.4, 0.5) is 0 Å². The lowest BCUT2D eigenvalue weighted by atomic mass is 10.1. The zero-order chi connectivity index (χ0) is 12.1. The molecule has 0 amide bonds. The average molecular weight is 239 g/mol.